The molecule has 1 saturated heterocycles. The first-order valence-corrected chi connectivity index (χ1v) is 9.84. The first-order valence-electron chi connectivity index (χ1n) is 9.84. The van der Waals surface area contributed by atoms with Crippen molar-refractivity contribution >= 4 is 23.5 Å². The van der Waals surface area contributed by atoms with Gasteiger partial charge in [0.2, 0.25) is 5.95 Å². The number of nitrogens with zero attached hydrogens (tertiary/aromatic N) is 4. The first-order chi connectivity index (χ1) is 13.7. The van der Waals surface area contributed by atoms with Crippen LogP contribution >= 0.6 is 0 Å². The van der Waals surface area contributed by atoms with E-state index in [1.54, 1.807) is 30.5 Å². The first kappa shape index (κ1) is 18.5. The summed E-state index contributed by atoms with van der Waals surface area (Å²) in [5.74, 6) is 0.790. The summed E-state index contributed by atoms with van der Waals surface area (Å²) in [7, 11) is 0. The summed E-state index contributed by atoms with van der Waals surface area (Å²) < 4.78 is 13.8. The molecule has 0 atom stereocenters. The molecule has 2 heterocycles. The van der Waals surface area contributed by atoms with E-state index >= 15 is 0 Å². The molecule has 1 aliphatic carbocycles. The van der Waals surface area contributed by atoms with Gasteiger partial charge >= 0.3 is 6.03 Å². The lowest BCUT2D eigenvalue weighted by atomic mass is 10.2. The molecule has 0 bridgehead atoms. The fourth-order valence-electron chi connectivity index (χ4n) is 3.72. The van der Waals surface area contributed by atoms with Crippen molar-refractivity contribution in [3.05, 3.63) is 42.3 Å². The SMILES string of the molecule is O=C(NC1CCCC1)N1CCN(c2nccc(Nc3ccccc3F)n2)CC1. The minimum Gasteiger partial charge on any atom is -0.338 e. The Kier molecular flexibility index (Phi) is 5.55. The number of urea groups is 1. The van der Waals surface area contributed by atoms with Crippen LogP contribution in [0.25, 0.3) is 0 Å². The van der Waals surface area contributed by atoms with Crippen LogP contribution in [0.5, 0.6) is 0 Å². The topological polar surface area (TPSA) is 73.4 Å². The van der Waals surface area contributed by atoms with E-state index in [1.807, 2.05) is 9.80 Å². The minimum absolute atomic E-state index is 0.0300. The van der Waals surface area contributed by atoms with Gasteiger partial charge in [-0.05, 0) is 31.0 Å². The summed E-state index contributed by atoms with van der Waals surface area (Å²) in [6.07, 6.45) is 6.23. The number of nitrogens with one attached hydrogen (secondary N) is 2. The third-order valence-corrected chi connectivity index (χ3v) is 5.31. The highest BCUT2D eigenvalue weighted by Gasteiger charge is 2.25. The Labute approximate surface area is 164 Å². The van der Waals surface area contributed by atoms with E-state index in [0.29, 0.717) is 49.7 Å². The maximum absolute atomic E-state index is 13.8. The van der Waals surface area contributed by atoms with Crippen molar-refractivity contribution in [3.63, 3.8) is 0 Å². The van der Waals surface area contributed by atoms with Gasteiger partial charge in [-0.25, -0.2) is 14.2 Å². The number of carbonyl (C=O) groups excluding carboxylic acids is 1. The van der Waals surface area contributed by atoms with Gasteiger partial charge in [-0.1, -0.05) is 25.0 Å². The van der Waals surface area contributed by atoms with Gasteiger partial charge < -0.3 is 20.4 Å². The number of benzene rings is 1. The fourth-order valence-corrected chi connectivity index (χ4v) is 3.72. The van der Waals surface area contributed by atoms with Crippen molar-refractivity contribution in [3.8, 4) is 0 Å². The highest BCUT2D eigenvalue weighted by atomic mass is 19.1. The zero-order chi connectivity index (χ0) is 19.3. The zero-order valence-electron chi connectivity index (χ0n) is 15.8. The van der Waals surface area contributed by atoms with Crippen molar-refractivity contribution < 1.29 is 9.18 Å². The Morgan fingerprint density at radius 3 is 2.57 bits per heavy atom. The molecule has 0 radical (unpaired) electrons. The molecule has 148 valence electrons. The molecule has 2 aliphatic rings. The van der Waals surface area contributed by atoms with Gasteiger partial charge in [0, 0.05) is 38.4 Å². The van der Waals surface area contributed by atoms with Crippen LogP contribution in [0.1, 0.15) is 25.7 Å². The van der Waals surface area contributed by atoms with Gasteiger partial charge in [-0.15, -0.1) is 0 Å². The van der Waals surface area contributed by atoms with E-state index in [9.17, 15) is 9.18 Å². The molecule has 1 aromatic heterocycles. The van der Waals surface area contributed by atoms with Gasteiger partial charge in [0.1, 0.15) is 11.6 Å². The number of halogens is 1. The van der Waals surface area contributed by atoms with Crippen LogP contribution in [-0.4, -0.2) is 53.1 Å². The van der Waals surface area contributed by atoms with E-state index in [2.05, 4.69) is 20.6 Å². The molecule has 1 aliphatic heterocycles. The fraction of sp³-hybridized carbons (Fsp3) is 0.450. The quantitative estimate of drug-likeness (QED) is 0.847. The maximum Gasteiger partial charge on any atom is 0.317 e. The Morgan fingerprint density at radius 2 is 1.82 bits per heavy atom. The third kappa shape index (κ3) is 4.32. The van der Waals surface area contributed by atoms with Crippen molar-refractivity contribution in [2.75, 3.05) is 36.4 Å². The van der Waals surface area contributed by atoms with Crippen molar-refractivity contribution in [2.45, 2.75) is 31.7 Å². The summed E-state index contributed by atoms with van der Waals surface area (Å²) in [6.45, 7) is 2.60. The molecule has 1 aromatic carbocycles. The van der Waals surface area contributed by atoms with E-state index in [4.69, 9.17) is 0 Å². The number of piperazine rings is 1. The molecule has 2 aromatic rings. The number of carbonyl (C=O) groups is 1. The molecule has 4 rings (SSSR count). The standard InChI is InChI=1S/C20H25FN6O/c21-16-7-3-4-8-17(16)24-18-9-10-22-19(25-18)26-11-13-27(14-12-26)20(28)23-15-5-1-2-6-15/h3-4,7-10,15H,1-2,5-6,11-14H2,(H,23,28)(H,22,24,25). The molecule has 7 nitrogen and oxygen atoms in total. The third-order valence-electron chi connectivity index (χ3n) is 5.31. The van der Waals surface area contributed by atoms with Gasteiger partial charge in [-0.2, -0.15) is 4.98 Å². The largest absolute Gasteiger partial charge is 0.338 e. The second kappa shape index (κ2) is 8.41. The lowest BCUT2D eigenvalue weighted by molar-refractivity contribution is 0.190. The normalized spacial score (nSPS) is 17.6. The number of hydrogen-bond donors (Lipinski definition) is 2. The number of anilines is 3. The Bertz CT molecular complexity index is 818. The number of amides is 2. The molecular formula is C20H25FN6O. The van der Waals surface area contributed by atoms with Crippen LogP contribution in [0, 0.1) is 5.82 Å². The van der Waals surface area contributed by atoms with Crippen molar-refractivity contribution in [1.82, 2.24) is 20.2 Å². The minimum atomic E-state index is -0.329. The highest BCUT2D eigenvalue weighted by Crippen LogP contribution is 2.21. The summed E-state index contributed by atoms with van der Waals surface area (Å²) in [6, 6.07) is 8.55. The number of para-hydroxylation sites is 1. The van der Waals surface area contributed by atoms with E-state index in [-0.39, 0.29) is 11.8 Å². The second-order valence-corrected chi connectivity index (χ2v) is 7.25. The lowest BCUT2D eigenvalue weighted by Gasteiger charge is -2.35. The highest BCUT2D eigenvalue weighted by molar-refractivity contribution is 5.75. The number of aromatic nitrogens is 2. The monoisotopic (exact) mass is 384 g/mol. The molecule has 0 unspecified atom stereocenters. The molecule has 0 spiro atoms. The zero-order valence-corrected chi connectivity index (χ0v) is 15.8. The second-order valence-electron chi connectivity index (χ2n) is 7.25. The number of hydrogen-bond acceptors (Lipinski definition) is 5. The van der Waals surface area contributed by atoms with Crippen LogP contribution in [0.15, 0.2) is 36.5 Å². The average molecular weight is 384 g/mol. The number of rotatable bonds is 4. The molecule has 8 heteroatoms. The molecule has 1 saturated carbocycles. The van der Waals surface area contributed by atoms with Crippen LogP contribution in [0.2, 0.25) is 0 Å². The van der Waals surface area contributed by atoms with Crippen molar-refractivity contribution in [1.29, 1.82) is 0 Å². The summed E-state index contributed by atoms with van der Waals surface area (Å²) in [5, 5.41) is 6.13. The van der Waals surface area contributed by atoms with Gasteiger partial charge in [0.15, 0.2) is 0 Å². The predicted octanol–water partition coefficient (Wildman–Crippen LogP) is 3.13. The maximum atomic E-state index is 13.8. The van der Waals surface area contributed by atoms with Crippen LogP contribution in [0.4, 0.5) is 26.6 Å². The van der Waals surface area contributed by atoms with Crippen LogP contribution in [0.3, 0.4) is 0 Å². The van der Waals surface area contributed by atoms with Crippen molar-refractivity contribution in [2.24, 2.45) is 0 Å². The molecule has 2 N–H and O–H groups in total. The summed E-state index contributed by atoms with van der Waals surface area (Å²) in [5.41, 5.74) is 0.376. The van der Waals surface area contributed by atoms with Crippen LogP contribution < -0.4 is 15.5 Å². The molecule has 2 fully saturated rings. The smallest absolute Gasteiger partial charge is 0.317 e. The van der Waals surface area contributed by atoms with Gasteiger partial charge in [0.25, 0.3) is 0 Å². The molecule has 2 amide bonds. The summed E-state index contributed by atoms with van der Waals surface area (Å²) >= 11 is 0. The van der Waals surface area contributed by atoms with E-state index < -0.39 is 0 Å². The predicted molar refractivity (Wildman–Crippen MR) is 106 cm³/mol. The Balaban J connectivity index is 1.34. The van der Waals surface area contributed by atoms with E-state index in [0.717, 1.165) is 12.8 Å². The average Bonchev–Trinajstić information content (AvgIpc) is 3.23. The molecular weight excluding hydrogens is 359 g/mol. The van der Waals surface area contributed by atoms with Gasteiger partial charge in [0.05, 0.1) is 5.69 Å². The summed E-state index contributed by atoms with van der Waals surface area (Å²) in [4.78, 5) is 25.2. The Morgan fingerprint density at radius 1 is 1.07 bits per heavy atom. The Hall–Kier alpha value is -2.90. The van der Waals surface area contributed by atoms with E-state index in [1.165, 1.54) is 18.9 Å². The van der Waals surface area contributed by atoms with Gasteiger partial charge in [-0.3, -0.25) is 0 Å². The molecule has 28 heavy (non-hydrogen) atoms. The lowest BCUT2D eigenvalue weighted by Crippen LogP contribution is -2.53. The van der Waals surface area contributed by atoms with Crippen LogP contribution in [-0.2, 0) is 0 Å².